The summed E-state index contributed by atoms with van der Waals surface area (Å²) in [6, 6.07) is 3.84. The first-order valence-electron chi connectivity index (χ1n) is 8.40. The molecule has 0 spiro atoms. The van der Waals surface area contributed by atoms with Gasteiger partial charge in [0.05, 0.1) is 17.7 Å². The van der Waals surface area contributed by atoms with Crippen LogP contribution in [-0.2, 0) is 0 Å². The number of carbonyl (C=O) groups is 2. The third-order valence-electron chi connectivity index (χ3n) is 3.72. The number of unbranched alkanes of at least 4 members (excludes halogenated alkanes) is 7. The van der Waals surface area contributed by atoms with Gasteiger partial charge in [-0.05, 0) is 36.8 Å². The van der Waals surface area contributed by atoms with E-state index in [1.54, 1.807) is 0 Å². The molecule has 0 aliphatic rings. The van der Waals surface area contributed by atoms with Crippen LogP contribution in [0.15, 0.2) is 18.2 Å². The van der Waals surface area contributed by atoms with E-state index in [4.69, 9.17) is 14.9 Å². The van der Waals surface area contributed by atoms with E-state index >= 15 is 0 Å². The fourth-order valence-corrected chi connectivity index (χ4v) is 2.62. The molecule has 0 aliphatic carbocycles. The molecule has 0 bridgehead atoms. The first-order valence-corrected chi connectivity index (χ1v) is 9.03. The number of aromatic carboxylic acids is 2. The average Bonchev–Trinajstić information content (AvgIpc) is 2.56. The van der Waals surface area contributed by atoms with Gasteiger partial charge in [-0.25, -0.2) is 9.59 Å². The molecular weight excluding hydrogens is 328 g/mol. The Bertz CT molecular complexity index is 498. The summed E-state index contributed by atoms with van der Waals surface area (Å²) in [6.07, 6.45) is 9.23. The summed E-state index contributed by atoms with van der Waals surface area (Å²) in [4.78, 5) is 22.0. The highest BCUT2D eigenvalue weighted by atomic mass is 32.1. The van der Waals surface area contributed by atoms with Gasteiger partial charge in [0, 0.05) is 0 Å². The summed E-state index contributed by atoms with van der Waals surface area (Å²) in [7, 11) is 0. The Morgan fingerprint density at radius 2 is 1.25 bits per heavy atom. The summed E-state index contributed by atoms with van der Waals surface area (Å²) in [5.74, 6) is -1.08. The third kappa shape index (κ3) is 8.24. The Labute approximate surface area is 148 Å². The third-order valence-corrected chi connectivity index (χ3v) is 4.04. The average molecular weight is 354 g/mol. The van der Waals surface area contributed by atoms with Gasteiger partial charge in [0.1, 0.15) is 5.75 Å². The van der Waals surface area contributed by atoms with E-state index < -0.39 is 11.9 Å². The smallest absolute Gasteiger partial charge is 0.335 e. The summed E-state index contributed by atoms with van der Waals surface area (Å²) in [5.41, 5.74) is -0.155. The molecule has 134 valence electrons. The van der Waals surface area contributed by atoms with Crippen molar-refractivity contribution in [3.8, 4) is 5.75 Å². The molecule has 0 unspecified atom stereocenters. The van der Waals surface area contributed by atoms with Crippen molar-refractivity contribution in [2.75, 3.05) is 12.4 Å². The second-order valence-corrected chi connectivity index (χ2v) is 6.20. The monoisotopic (exact) mass is 354 g/mol. The maximum atomic E-state index is 11.0. The summed E-state index contributed by atoms with van der Waals surface area (Å²) < 4.78 is 5.51. The molecule has 0 aromatic heterocycles. The maximum Gasteiger partial charge on any atom is 0.335 e. The molecule has 0 amide bonds. The van der Waals surface area contributed by atoms with Gasteiger partial charge in [-0.2, -0.15) is 12.6 Å². The van der Waals surface area contributed by atoms with Crippen LogP contribution in [0.1, 0.15) is 72.1 Å². The molecular formula is C18H26O5S. The van der Waals surface area contributed by atoms with Gasteiger partial charge in [-0.3, -0.25) is 0 Å². The Balaban J connectivity index is 2.27. The molecule has 0 saturated carbocycles. The predicted octanol–water partition coefficient (Wildman–Crippen LogP) is 4.51. The van der Waals surface area contributed by atoms with E-state index in [9.17, 15) is 9.59 Å². The van der Waals surface area contributed by atoms with E-state index in [1.165, 1.54) is 44.2 Å². The standard InChI is InChI=1S/C18H26O5S/c19-17(20)14-11-15(18(21)22)13-16(12-14)23-9-7-5-3-1-2-4-6-8-10-24/h11-13,24H,1-10H2,(H,19,20)(H,21,22). The van der Waals surface area contributed by atoms with Gasteiger partial charge in [-0.1, -0.05) is 38.5 Å². The Kier molecular flexibility index (Phi) is 10.00. The van der Waals surface area contributed by atoms with Crippen LogP contribution in [0, 0.1) is 0 Å². The number of rotatable bonds is 13. The van der Waals surface area contributed by atoms with Crippen LogP contribution in [0.25, 0.3) is 0 Å². The van der Waals surface area contributed by atoms with E-state index in [-0.39, 0.29) is 11.1 Å². The first-order chi connectivity index (χ1) is 11.5. The maximum absolute atomic E-state index is 11.0. The van der Waals surface area contributed by atoms with Crippen molar-refractivity contribution in [1.29, 1.82) is 0 Å². The highest BCUT2D eigenvalue weighted by Gasteiger charge is 2.12. The van der Waals surface area contributed by atoms with Crippen LogP contribution < -0.4 is 4.74 Å². The zero-order chi connectivity index (χ0) is 17.8. The molecule has 1 aromatic rings. The molecule has 0 radical (unpaired) electrons. The fraction of sp³-hybridized carbons (Fsp3) is 0.556. The van der Waals surface area contributed by atoms with Crippen LogP contribution in [0.4, 0.5) is 0 Å². The van der Waals surface area contributed by atoms with Gasteiger partial charge >= 0.3 is 11.9 Å². The number of hydrogen-bond acceptors (Lipinski definition) is 4. The summed E-state index contributed by atoms with van der Waals surface area (Å²) in [6.45, 7) is 0.460. The molecule has 0 fully saturated rings. The number of carboxylic acids is 2. The van der Waals surface area contributed by atoms with E-state index in [1.807, 2.05) is 0 Å². The Hall–Kier alpha value is -1.69. The minimum Gasteiger partial charge on any atom is -0.494 e. The molecule has 0 heterocycles. The molecule has 5 nitrogen and oxygen atoms in total. The highest BCUT2D eigenvalue weighted by Crippen LogP contribution is 2.18. The quantitative estimate of drug-likeness (QED) is 0.358. The van der Waals surface area contributed by atoms with Crippen molar-refractivity contribution in [2.45, 2.75) is 51.4 Å². The van der Waals surface area contributed by atoms with Crippen molar-refractivity contribution < 1.29 is 24.5 Å². The van der Waals surface area contributed by atoms with Crippen molar-refractivity contribution >= 4 is 24.6 Å². The van der Waals surface area contributed by atoms with Crippen molar-refractivity contribution in [1.82, 2.24) is 0 Å². The molecule has 24 heavy (non-hydrogen) atoms. The fourth-order valence-electron chi connectivity index (χ4n) is 2.39. The molecule has 0 saturated heterocycles. The topological polar surface area (TPSA) is 83.8 Å². The predicted molar refractivity (Wildman–Crippen MR) is 96.6 cm³/mol. The summed E-state index contributed by atoms with van der Waals surface area (Å²) >= 11 is 4.19. The molecule has 1 rings (SSSR count). The number of ether oxygens (including phenoxy) is 1. The highest BCUT2D eigenvalue weighted by molar-refractivity contribution is 7.80. The molecule has 0 aliphatic heterocycles. The van der Waals surface area contributed by atoms with E-state index in [0.29, 0.717) is 12.4 Å². The lowest BCUT2D eigenvalue weighted by Gasteiger charge is -2.08. The van der Waals surface area contributed by atoms with Crippen LogP contribution in [0.3, 0.4) is 0 Å². The van der Waals surface area contributed by atoms with E-state index in [2.05, 4.69) is 12.6 Å². The van der Waals surface area contributed by atoms with Gasteiger partial charge in [-0.15, -0.1) is 0 Å². The first kappa shape index (κ1) is 20.4. The second-order valence-electron chi connectivity index (χ2n) is 5.76. The summed E-state index contributed by atoms with van der Waals surface area (Å²) in [5, 5.41) is 18.0. The van der Waals surface area contributed by atoms with Crippen LogP contribution in [0.5, 0.6) is 5.75 Å². The lowest BCUT2D eigenvalue weighted by Crippen LogP contribution is -2.05. The van der Waals surface area contributed by atoms with Crippen LogP contribution >= 0.6 is 12.6 Å². The van der Waals surface area contributed by atoms with Crippen molar-refractivity contribution in [3.63, 3.8) is 0 Å². The van der Waals surface area contributed by atoms with Gasteiger partial charge in [0.15, 0.2) is 0 Å². The van der Waals surface area contributed by atoms with E-state index in [0.717, 1.165) is 31.1 Å². The second kappa shape index (κ2) is 11.8. The number of thiol groups is 1. The molecule has 0 atom stereocenters. The van der Waals surface area contributed by atoms with Gasteiger partial charge in [0.2, 0.25) is 0 Å². The minimum absolute atomic E-state index is 0.0777. The number of carboxylic acid groups (broad SMARTS) is 2. The molecule has 2 N–H and O–H groups in total. The molecule has 6 heteroatoms. The van der Waals surface area contributed by atoms with Crippen LogP contribution in [0.2, 0.25) is 0 Å². The lowest BCUT2D eigenvalue weighted by molar-refractivity contribution is 0.0696. The number of benzene rings is 1. The molecule has 1 aromatic carbocycles. The SMILES string of the molecule is O=C(O)c1cc(OCCCCCCCCCCS)cc(C(=O)O)c1. The largest absolute Gasteiger partial charge is 0.494 e. The van der Waals surface area contributed by atoms with Gasteiger partial charge in [0.25, 0.3) is 0 Å². The Morgan fingerprint density at radius 1 is 0.792 bits per heavy atom. The van der Waals surface area contributed by atoms with Crippen molar-refractivity contribution in [3.05, 3.63) is 29.3 Å². The lowest BCUT2D eigenvalue weighted by atomic mass is 10.1. The normalized spacial score (nSPS) is 10.5. The van der Waals surface area contributed by atoms with Gasteiger partial charge < -0.3 is 14.9 Å². The number of hydrogen-bond donors (Lipinski definition) is 3. The minimum atomic E-state index is -1.17. The zero-order valence-corrected chi connectivity index (χ0v) is 14.8. The van der Waals surface area contributed by atoms with Crippen LogP contribution in [-0.4, -0.2) is 34.5 Å². The Morgan fingerprint density at radius 3 is 1.71 bits per heavy atom. The van der Waals surface area contributed by atoms with Crippen molar-refractivity contribution in [2.24, 2.45) is 0 Å². The zero-order valence-electron chi connectivity index (χ0n) is 13.9.